The van der Waals surface area contributed by atoms with Crippen LogP contribution >= 0.6 is 0 Å². The minimum Gasteiger partial charge on any atom is -0.452 e. The van der Waals surface area contributed by atoms with Crippen molar-refractivity contribution in [3.8, 4) is 0 Å². The van der Waals surface area contributed by atoms with Crippen LogP contribution in [0, 0.1) is 6.92 Å². The van der Waals surface area contributed by atoms with Crippen molar-refractivity contribution >= 4 is 33.4 Å². The number of hydrogen-bond acceptors (Lipinski definition) is 5. The molecule has 0 bridgehead atoms. The molecule has 7 nitrogen and oxygen atoms in total. The van der Waals surface area contributed by atoms with Crippen molar-refractivity contribution in [2.24, 2.45) is 0 Å². The second-order valence-corrected chi connectivity index (χ2v) is 7.45. The topological polar surface area (TPSA) is 94.1 Å². The summed E-state index contributed by atoms with van der Waals surface area (Å²) in [5.41, 5.74) is 1.87. The fraction of sp³-hybridized carbons (Fsp3) is 0.250. The van der Waals surface area contributed by atoms with Crippen molar-refractivity contribution in [2.45, 2.75) is 33.2 Å². The Balaban J connectivity index is 1.62. The molecule has 4 aromatic rings. The van der Waals surface area contributed by atoms with Crippen molar-refractivity contribution in [1.82, 2.24) is 14.8 Å². The van der Waals surface area contributed by atoms with Gasteiger partial charge in [-0.25, -0.2) is 9.48 Å². The molecule has 0 fully saturated rings. The summed E-state index contributed by atoms with van der Waals surface area (Å²) >= 11 is 0. The third-order valence-electron chi connectivity index (χ3n) is 5.29. The van der Waals surface area contributed by atoms with E-state index in [1.807, 2.05) is 38.1 Å². The highest BCUT2D eigenvalue weighted by atomic mass is 16.5. The number of fused-ring (bicyclic) bond motifs is 2. The predicted molar refractivity (Wildman–Crippen MR) is 119 cm³/mol. The molecule has 0 unspecified atom stereocenters. The SMILES string of the molecule is CCCCn1nc(C(=O)OCC(=O)c2c(C)[nH]c3ccccc23)c2ccccc2c1=O. The Kier molecular flexibility index (Phi) is 5.66. The maximum Gasteiger partial charge on any atom is 0.359 e. The lowest BCUT2D eigenvalue weighted by Crippen LogP contribution is -2.27. The minimum atomic E-state index is -0.729. The lowest BCUT2D eigenvalue weighted by atomic mass is 10.1. The van der Waals surface area contributed by atoms with Gasteiger partial charge in [0.2, 0.25) is 5.78 Å². The molecule has 0 saturated carbocycles. The maximum atomic E-state index is 12.9. The number of unbranched alkanes of at least 4 members (excludes halogenated alkanes) is 1. The summed E-state index contributed by atoms with van der Waals surface area (Å²) in [5.74, 6) is -1.03. The van der Waals surface area contributed by atoms with E-state index in [0.29, 0.717) is 22.9 Å². The van der Waals surface area contributed by atoms with Crippen molar-refractivity contribution < 1.29 is 14.3 Å². The second-order valence-electron chi connectivity index (χ2n) is 7.45. The normalized spacial score (nSPS) is 11.2. The first kappa shape index (κ1) is 20.5. The Bertz CT molecular complexity index is 1350. The number of ether oxygens (including phenoxy) is 1. The summed E-state index contributed by atoms with van der Waals surface area (Å²) in [6, 6.07) is 14.3. The van der Waals surface area contributed by atoms with Crippen molar-refractivity contribution in [1.29, 1.82) is 0 Å². The van der Waals surface area contributed by atoms with Crippen LogP contribution < -0.4 is 5.56 Å². The molecular weight excluding hydrogens is 394 g/mol. The minimum absolute atomic E-state index is 0.0368. The van der Waals surface area contributed by atoms with Crippen LogP contribution in [0.5, 0.6) is 0 Å². The zero-order valence-corrected chi connectivity index (χ0v) is 17.5. The monoisotopic (exact) mass is 417 g/mol. The van der Waals surface area contributed by atoms with Crippen LogP contribution in [0.3, 0.4) is 0 Å². The summed E-state index contributed by atoms with van der Waals surface area (Å²) in [5, 5.41) is 5.87. The van der Waals surface area contributed by atoms with Gasteiger partial charge in [0.1, 0.15) is 0 Å². The van der Waals surface area contributed by atoms with E-state index in [1.165, 1.54) is 4.68 Å². The summed E-state index contributed by atoms with van der Waals surface area (Å²) in [6.07, 6.45) is 1.65. The highest BCUT2D eigenvalue weighted by molar-refractivity contribution is 6.11. The number of carbonyl (C=O) groups is 2. The summed E-state index contributed by atoms with van der Waals surface area (Å²) in [7, 11) is 0. The molecule has 1 N–H and O–H groups in total. The van der Waals surface area contributed by atoms with Crippen LogP contribution in [0.4, 0.5) is 0 Å². The van der Waals surface area contributed by atoms with Gasteiger partial charge >= 0.3 is 5.97 Å². The smallest absolute Gasteiger partial charge is 0.359 e. The maximum absolute atomic E-state index is 12.9. The van der Waals surface area contributed by atoms with Crippen LogP contribution in [0.2, 0.25) is 0 Å². The van der Waals surface area contributed by atoms with Gasteiger partial charge in [-0.05, 0) is 25.5 Å². The van der Waals surface area contributed by atoms with E-state index in [9.17, 15) is 14.4 Å². The zero-order valence-electron chi connectivity index (χ0n) is 17.5. The van der Waals surface area contributed by atoms with E-state index in [-0.39, 0.29) is 17.0 Å². The lowest BCUT2D eigenvalue weighted by molar-refractivity contribution is 0.0468. The first-order valence-corrected chi connectivity index (χ1v) is 10.3. The summed E-state index contributed by atoms with van der Waals surface area (Å²) in [6.45, 7) is 3.83. The van der Waals surface area contributed by atoms with E-state index in [1.54, 1.807) is 24.3 Å². The third kappa shape index (κ3) is 3.86. The number of H-pyrrole nitrogens is 1. The Hall–Kier alpha value is -3.74. The number of para-hydroxylation sites is 1. The molecule has 0 amide bonds. The number of aromatic amines is 1. The van der Waals surface area contributed by atoms with Gasteiger partial charge in [-0.15, -0.1) is 0 Å². The molecule has 0 saturated heterocycles. The molecule has 0 atom stereocenters. The van der Waals surface area contributed by atoms with Gasteiger partial charge in [-0.2, -0.15) is 5.10 Å². The predicted octanol–water partition coefficient (Wildman–Crippen LogP) is 4.03. The number of benzene rings is 2. The Morgan fingerprint density at radius 1 is 1.03 bits per heavy atom. The lowest BCUT2D eigenvalue weighted by Gasteiger charge is -2.10. The fourth-order valence-corrected chi connectivity index (χ4v) is 3.75. The fourth-order valence-electron chi connectivity index (χ4n) is 3.75. The zero-order chi connectivity index (χ0) is 22.0. The van der Waals surface area contributed by atoms with Crippen molar-refractivity contribution in [3.05, 3.63) is 75.8 Å². The van der Waals surface area contributed by atoms with Gasteiger partial charge in [0.05, 0.1) is 5.39 Å². The van der Waals surface area contributed by atoms with Crippen LogP contribution in [0.25, 0.3) is 21.7 Å². The molecule has 0 radical (unpaired) electrons. The molecule has 0 aliphatic heterocycles. The van der Waals surface area contributed by atoms with Gasteiger partial charge in [-0.1, -0.05) is 49.7 Å². The second kappa shape index (κ2) is 8.55. The average Bonchev–Trinajstić information content (AvgIpc) is 3.12. The number of rotatable bonds is 7. The molecule has 0 spiro atoms. The van der Waals surface area contributed by atoms with E-state index in [0.717, 1.165) is 29.4 Å². The largest absolute Gasteiger partial charge is 0.452 e. The molecule has 0 aliphatic carbocycles. The number of aromatic nitrogens is 3. The summed E-state index contributed by atoms with van der Waals surface area (Å²) < 4.78 is 6.64. The highest BCUT2D eigenvalue weighted by Gasteiger charge is 2.21. The Morgan fingerprint density at radius 3 is 2.45 bits per heavy atom. The van der Waals surface area contributed by atoms with E-state index in [4.69, 9.17) is 4.74 Å². The number of carbonyl (C=O) groups excluding carboxylic acids is 2. The molecular formula is C24H23N3O4. The number of hydrogen-bond donors (Lipinski definition) is 1. The molecule has 31 heavy (non-hydrogen) atoms. The van der Waals surface area contributed by atoms with Crippen molar-refractivity contribution in [3.63, 3.8) is 0 Å². The molecule has 2 aromatic carbocycles. The van der Waals surface area contributed by atoms with E-state index >= 15 is 0 Å². The number of esters is 1. The quantitative estimate of drug-likeness (QED) is 0.362. The molecule has 4 rings (SSSR count). The van der Waals surface area contributed by atoms with Gasteiger partial charge < -0.3 is 9.72 Å². The van der Waals surface area contributed by atoms with Gasteiger partial charge in [0.15, 0.2) is 12.3 Å². The third-order valence-corrected chi connectivity index (χ3v) is 5.29. The van der Waals surface area contributed by atoms with Crippen LogP contribution in [-0.2, 0) is 11.3 Å². The first-order valence-electron chi connectivity index (χ1n) is 10.3. The number of aryl methyl sites for hydroxylation is 2. The standard InChI is InChI=1S/C24H23N3O4/c1-3-4-13-27-23(29)17-10-6-5-9-16(17)22(26-27)24(30)31-14-20(28)21-15(2)25-19-12-8-7-11-18(19)21/h5-12,25H,3-4,13-14H2,1-2H3. The Labute approximate surface area is 178 Å². The Morgan fingerprint density at radius 2 is 1.71 bits per heavy atom. The van der Waals surface area contributed by atoms with Crippen LogP contribution in [-0.4, -0.2) is 33.1 Å². The number of Topliss-reactive ketones (excluding diaryl/α,β-unsaturated/α-hetero) is 1. The number of ketones is 1. The molecule has 2 heterocycles. The number of nitrogens with one attached hydrogen (secondary N) is 1. The average molecular weight is 417 g/mol. The van der Waals surface area contributed by atoms with Crippen molar-refractivity contribution in [2.75, 3.05) is 6.61 Å². The first-order chi connectivity index (χ1) is 15.0. The van der Waals surface area contributed by atoms with Crippen LogP contribution in [0.1, 0.15) is 46.3 Å². The van der Waals surface area contributed by atoms with Gasteiger partial charge in [0.25, 0.3) is 5.56 Å². The summed E-state index contributed by atoms with van der Waals surface area (Å²) in [4.78, 5) is 41.5. The highest BCUT2D eigenvalue weighted by Crippen LogP contribution is 2.22. The van der Waals surface area contributed by atoms with E-state index < -0.39 is 12.6 Å². The molecule has 158 valence electrons. The number of nitrogens with zero attached hydrogens (tertiary/aromatic N) is 2. The molecule has 2 aromatic heterocycles. The van der Waals surface area contributed by atoms with E-state index in [2.05, 4.69) is 10.1 Å². The van der Waals surface area contributed by atoms with Gasteiger partial charge in [-0.3, -0.25) is 9.59 Å². The molecule has 7 heteroatoms. The van der Waals surface area contributed by atoms with Crippen LogP contribution in [0.15, 0.2) is 53.3 Å². The molecule has 0 aliphatic rings. The van der Waals surface area contributed by atoms with Gasteiger partial charge in [0, 0.05) is 34.1 Å².